The van der Waals surface area contributed by atoms with Crippen LogP contribution in [0.25, 0.3) is 21.9 Å². The number of imidazole rings is 1. The van der Waals surface area contributed by atoms with Crippen LogP contribution in [-0.4, -0.2) is 56.3 Å². The van der Waals surface area contributed by atoms with Crippen LogP contribution >= 0.6 is 0 Å². The van der Waals surface area contributed by atoms with Crippen molar-refractivity contribution in [2.24, 2.45) is 0 Å². The number of carboxylic acid groups (broad SMARTS) is 1. The Morgan fingerprint density at radius 3 is 2.56 bits per heavy atom. The number of carboxylic acids is 1. The molecule has 0 unspecified atom stereocenters. The van der Waals surface area contributed by atoms with Gasteiger partial charge in [-0.3, -0.25) is 9.69 Å². The number of unbranched alkanes of at least 4 members (excludes halogenated alkanes) is 2. The van der Waals surface area contributed by atoms with E-state index in [-0.39, 0.29) is 17.0 Å². The van der Waals surface area contributed by atoms with E-state index in [1.807, 2.05) is 15.5 Å². The van der Waals surface area contributed by atoms with Gasteiger partial charge in [-0.05, 0) is 43.5 Å². The van der Waals surface area contributed by atoms with Gasteiger partial charge in [0.25, 0.3) is 0 Å². The average Bonchev–Trinajstić information content (AvgIpc) is 3.72. The smallest absolute Gasteiger partial charge is 0.341 e. The molecule has 2 aliphatic rings. The van der Waals surface area contributed by atoms with Gasteiger partial charge < -0.3 is 19.1 Å². The summed E-state index contributed by atoms with van der Waals surface area (Å²) in [5, 5.41) is 9.62. The molecule has 1 N–H and O–H groups in total. The highest BCUT2D eigenvalue weighted by atomic mass is 19.1. The second-order valence-electron chi connectivity index (χ2n) is 10.8. The molecule has 6 rings (SSSR count). The predicted molar refractivity (Wildman–Crippen MR) is 150 cm³/mol. The summed E-state index contributed by atoms with van der Waals surface area (Å²) in [5.74, 6) is -0.702. The number of pyridine rings is 1. The molecule has 1 aliphatic heterocycles. The Kier molecular flexibility index (Phi) is 6.85. The Labute approximate surface area is 226 Å². The average molecular weight is 532 g/mol. The number of rotatable bonds is 9. The molecule has 0 atom stereocenters. The summed E-state index contributed by atoms with van der Waals surface area (Å²) in [5.41, 5.74) is 2.32. The normalized spacial score (nSPS) is 16.4. The summed E-state index contributed by atoms with van der Waals surface area (Å²) in [6, 6.07) is 11.4. The number of aromatic nitrogens is 3. The second-order valence-corrected chi connectivity index (χ2v) is 10.8. The largest absolute Gasteiger partial charge is 0.477 e. The molecule has 0 amide bonds. The lowest BCUT2D eigenvalue weighted by atomic mass is 10.1. The van der Waals surface area contributed by atoms with Gasteiger partial charge in [0, 0.05) is 50.3 Å². The highest BCUT2D eigenvalue weighted by Crippen LogP contribution is 2.38. The Morgan fingerprint density at radius 1 is 1.08 bits per heavy atom. The third kappa shape index (κ3) is 4.91. The van der Waals surface area contributed by atoms with Gasteiger partial charge in [-0.2, -0.15) is 0 Å². The summed E-state index contributed by atoms with van der Waals surface area (Å²) in [6.07, 6.45) is 6.76. The van der Waals surface area contributed by atoms with E-state index in [1.54, 1.807) is 6.07 Å². The highest BCUT2D eigenvalue weighted by molar-refractivity contribution is 5.93. The first-order valence-electron chi connectivity index (χ1n) is 14.0. The van der Waals surface area contributed by atoms with E-state index >= 15 is 4.39 Å². The quantitative estimate of drug-likeness (QED) is 0.305. The zero-order valence-corrected chi connectivity index (χ0v) is 22.3. The molecule has 1 saturated heterocycles. The van der Waals surface area contributed by atoms with E-state index in [4.69, 9.17) is 4.98 Å². The molecule has 0 bridgehead atoms. The highest BCUT2D eigenvalue weighted by Gasteiger charge is 2.29. The number of carbonyl (C=O) groups is 1. The van der Waals surface area contributed by atoms with Crippen molar-refractivity contribution in [1.82, 2.24) is 19.0 Å². The van der Waals surface area contributed by atoms with Crippen molar-refractivity contribution in [1.29, 1.82) is 0 Å². The third-order valence-electron chi connectivity index (χ3n) is 8.07. The monoisotopic (exact) mass is 531 g/mol. The minimum Gasteiger partial charge on any atom is -0.477 e. The molecule has 0 spiro atoms. The Morgan fingerprint density at radius 2 is 1.85 bits per heavy atom. The summed E-state index contributed by atoms with van der Waals surface area (Å²) in [4.78, 5) is 33.8. The van der Waals surface area contributed by atoms with Crippen LogP contribution < -0.4 is 10.3 Å². The van der Waals surface area contributed by atoms with E-state index in [1.165, 1.54) is 30.6 Å². The number of hydrogen-bond donors (Lipinski definition) is 1. The van der Waals surface area contributed by atoms with Gasteiger partial charge in [-0.1, -0.05) is 31.9 Å². The van der Waals surface area contributed by atoms with Crippen LogP contribution in [0.3, 0.4) is 0 Å². The van der Waals surface area contributed by atoms with Crippen molar-refractivity contribution in [2.45, 2.75) is 58.2 Å². The molecule has 2 aromatic carbocycles. The topological polar surface area (TPSA) is 83.6 Å². The molecular formula is C30H34FN5O3. The summed E-state index contributed by atoms with van der Waals surface area (Å²) >= 11 is 0. The van der Waals surface area contributed by atoms with E-state index in [9.17, 15) is 14.7 Å². The molecule has 2 aromatic heterocycles. The SMILES string of the molecule is CCCCCn1c(CN2CCN(c3cc4c(cc3F)c(=O)c(C(=O)O)cn4C3CC3)CC2)nc2ccccc21. The van der Waals surface area contributed by atoms with Crippen molar-refractivity contribution < 1.29 is 14.3 Å². The number of piperazine rings is 1. The number of hydrogen-bond acceptors (Lipinski definition) is 5. The molecule has 1 aliphatic carbocycles. The lowest BCUT2D eigenvalue weighted by Crippen LogP contribution is -2.46. The number of fused-ring (bicyclic) bond motifs is 2. The summed E-state index contributed by atoms with van der Waals surface area (Å²) in [7, 11) is 0. The van der Waals surface area contributed by atoms with Crippen molar-refractivity contribution in [3.8, 4) is 0 Å². The van der Waals surface area contributed by atoms with Gasteiger partial charge in [0.1, 0.15) is 17.2 Å². The minimum absolute atomic E-state index is 0.128. The summed E-state index contributed by atoms with van der Waals surface area (Å²) < 4.78 is 19.6. The van der Waals surface area contributed by atoms with E-state index < -0.39 is 17.2 Å². The standard InChI is InChI=1S/C30H34FN5O3/c1-2-3-6-11-35-25-8-5-4-7-24(25)32-28(35)19-33-12-14-34(15-13-33)27-17-26-21(16-23(27)31)29(37)22(30(38)39)18-36(26)20-9-10-20/h4-5,7-8,16-18,20H,2-3,6,9-15,19H2,1H3,(H,38,39). The molecule has 8 nitrogen and oxygen atoms in total. The van der Waals surface area contributed by atoms with Crippen molar-refractivity contribution >= 4 is 33.6 Å². The van der Waals surface area contributed by atoms with Crippen LogP contribution in [0.15, 0.2) is 47.4 Å². The van der Waals surface area contributed by atoms with Crippen LogP contribution in [-0.2, 0) is 13.1 Å². The first kappa shape index (κ1) is 25.6. The number of para-hydroxylation sites is 2. The number of halogens is 1. The Hall–Kier alpha value is -3.72. The van der Waals surface area contributed by atoms with Gasteiger partial charge in [-0.25, -0.2) is 14.2 Å². The van der Waals surface area contributed by atoms with Gasteiger partial charge in [0.15, 0.2) is 0 Å². The maximum atomic E-state index is 15.4. The van der Waals surface area contributed by atoms with E-state index in [2.05, 4.69) is 34.6 Å². The third-order valence-corrected chi connectivity index (χ3v) is 8.07. The fourth-order valence-electron chi connectivity index (χ4n) is 5.77. The zero-order chi connectivity index (χ0) is 27.1. The Bertz CT molecular complexity index is 1600. The molecular weight excluding hydrogens is 497 g/mol. The Balaban J connectivity index is 1.22. The number of benzene rings is 2. The number of aryl methyl sites for hydroxylation is 1. The van der Waals surface area contributed by atoms with Crippen molar-refractivity contribution in [2.75, 3.05) is 31.1 Å². The van der Waals surface area contributed by atoms with Crippen LogP contribution in [0, 0.1) is 5.82 Å². The maximum absolute atomic E-state index is 15.4. The maximum Gasteiger partial charge on any atom is 0.341 e. The molecule has 4 aromatic rings. The first-order valence-corrected chi connectivity index (χ1v) is 14.0. The molecule has 204 valence electrons. The van der Waals surface area contributed by atoms with Crippen LogP contribution in [0.4, 0.5) is 10.1 Å². The summed E-state index contributed by atoms with van der Waals surface area (Å²) in [6.45, 7) is 6.75. The number of aromatic carboxylic acids is 1. The first-order chi connectivity index (χ1) is 18.9. The zero-order valence-electron chi connectivity index (χ0n) is 22.3. The molecule has 1 saturated carbocycles. The van der Waals surface area contributed by atoms with Crippen molar-refractivity contribution in [3.05, 3.63) is 70.0 Å². The molecule has 2 fully saturated rings. The molecule has 9 heteroatoms. The molecule has 3 heterocycles. The fourth-order valence-corrected chi connectivity index (χ4v) is 5.77. The van der Waals surface area contributed by atoms with Crippen molar-refractivity contribution in [3.63, 3.8) is 0 Å². The lowest BCUT2D eigenvalue weighted by Gasteiger charge is -2.36. The van der Waals surface area contributed by atoms with Gasteiger partial charge in [0.2, 0.25) is 5.43 Å². The van der Waals surface area contributed by atoms with Crippen LogP contribution in [0.2, 0.25) is 0 Å². The predicted octanol–water partition coefficient (Wildman–Crippen LogP) is 5.04. The van der Waals surface area contributed by atoms with Crippen LogP contribution in [0.1, 0.15) is 61.3 Å². The van der Waals surface area contributed by atoms with Gasteiger partial charge in [-0.15, -0.1) is 0 Å². The number of anilines is 1. The second kappa shape index (κ2) is 10.4. The van der Waals surface area contributed by atoms with Gasteiger partial charge in [0.05, 0.1) is 28.8 Å². The lowest BCUT2D eigenvalue weighted by molar-refractivity contribution is 0.0695. The fraction of sp³-hybridized carbons (Fsp3) is 0.433. The molecule has 39 heavy (non-hydrogen) atoms. The van der Waals surface area contributed by atoms with E-state index in [0.29, 0.717) is 24.3 Å². The minimum atomic E-state index is -1.28. The van der Waals surface area contributed by atoms with E-state index in [0.717, 1.165) is 56.8 Å². The molecule has 0 radical (unpaired) electrons. The van der Waals surface area contributed by atoms with Crippen LogP contribution in [0.5, 0.6) is 0 Å². The van der Waals surface area contributed by atoms with Gasteiger partial charge >= 0.3 is 5.97 Å². The number of nitrogens with zero attached hydrogens (tertiary/aromatic N) is 5.